The van der Waals surface area contributed by atoms with Crippen molar-refractivity contribution in [2.75, 3.05) is 6.54 Å². The van der Waals surface area contributed by atoms with Gasteiger partial charge in [0.2, 0.25) is 0 Å². The third-order valence-electron chi connectivity index (χ3n) is 3.24. The van der Waals surface area contributed by atoms with E-state index in [0.717, 1.165) is 23.1 Å². The van der Waals surface area contributed by atoms with Crippen LogP contribution in [0, 0.1) is 12.8 Å². The molecule has 0 radical (unpaired) electrons. The van der Waals surface area contributed by atoms with Crippen molar-refractivity contribution in [1.29, 1.82) is 0 Å². The number of aromatic nitrogens is 1. The van der Waals surface area contributed by atoms with Crippen molar-refractivity contribution in [3.63, 3.8) is 0 Å². The number of fused-ring (bicyclic) bond motifs is 1. The summed E-state index contributed by atoms with van der Waals surface area (Å²) in [5.74, 6) is 0.983. The molecule has 4 N–H and O–H groups in total. The van der Waals surface area contributed by atoms with Gasteiger partial charge in [0.25, 0.3) is 0 Å². The zero-order chi connectivity index (χ0) is 12.4. The van der Waals surface area contributed by atoms with Crippen molar-refractivity contribution in [3.05, 3.63) is 29.7 Å². The summed E-state index contributed by atoms with van der Waals surface area (Å²) in [5, 5.41) is 0. The van der Waals surface area contributed by atoms with Gasteiger partial charge in [-0.15, -0.1) is 0 Å². The van der Waals surface area contributed by atoms with Gasteiger partial charge in [-0.25, -0.2) is 4.98 Å². The van der Waals surface area contributed by atoms with Crippen molar-refractivity contribution < 1.29 is 4.42 Å². The minimum atomic E-state index is -0.0357. The second-order valence-electron chi connectivity index (χ2n) is 4.39. The van der Waals surface area contributed by atoms with Crippen LogP contribution in [-0.2, 0) is 0 Å². The first-order valence-electron chi connectivity index (χ1n) is 5.98. The van der Waals surface area contributed by atoms with E-state index in [9.17, 15) is 0 Å². The van der Waals surface area contributed by atoms with Crippen LogP contribution in [0.2, 0.25) is 0 Å². The number of aryl methyl sites for hydroxylation is 1. The molecule has 1 heterocycles. The fourth-order valence-corrected chi connectivity index (χ4v) is 2.11. The number of hydrogen-bond acceptors (Lipinski definition) is 4. The molecule has 17 heavy (non-hydrogen) atoms. The molecule has 2 unspecified atom stereocenters. The summed E-state index contributed by atoms with van der Waals surface area (Å²) in [6.45, 7) is 4.55. The molecule has 4 heteroatoms. The molecule has 0 aliphatic carbocycles. The monoisotopic (exact) mass is 233 g/mol. The van der Waals surface area contributed by atoms with Crippen LogP contribution in [0.5, 0.6) is 0 Å². The molecule has 0 amide bonds. The maximum absolute atomic E-state index is 6.22. The van der Waals surface area contributed by atoms with Crippen molar-refractivity contribution in [1.82, 2.24) is 4.98 Å². The highest BCUT2D eigenvalue weighted by Crippen LogP contribution is 2.25. The number of oxazole rings is 1. The molecule has 1 aromatic heterocycles. The zero-order valence-electron chi connectivity index (χ0n) is 10.3. The van der Waals surface area contributed by atoms with Crippen LogP contribution < -0.4 is 11.5 Å². The Morgan fingerprint density at radius 2 is 2.18 bits per heavy atom. The molecule has 0 saturated heterocycles. The maximum Gasteiger partial charge on any atom is 0.192 e. The third-order valence-corrected chi connectivity index (χ3v) is 3.24. The first-order chi connectivity index (χ1) is 8.15. The van der Waals surface area contributed by atoms with E-state index >= 15 is 0 Å². The van der Waals surface area contributed by atoms with Crippen LogP contribution in [0.4, 0.5) is 0 Å². The van der Waals surface area contributed by atoms with E-state index in [4.69, 9.17) is 15.9 Å². The molecule has 92 valence electrons. The molecule has 2 rings (SSSR count). The Morgan fingerprint density at radius 1 is 1.41 bits per heavy atom. The van der Waals surface area contributed by atoms with Crippen LogP contribution in [0.3, 0.4) is 0 Å². The number of rotatable bonds is 4. The van der Waals surface area contributed by atoms with Gasteiger partial charge in [-0.2, -0.15) is 0 Å². The van der Waals surface area contributed by atoms with E-state index in [1.807, 2.05) is 25.1 Å². The zero-order valence-corrected chi connectivity index (χ0v) is 10.3. The highest BCUT2D eigenvalue weighted by atomic mass is 16.3. The van der Waals surface area contributed by atoms with Crippen molar-refractivity contribution >= 4 is 11.1 Å². The second-order valence-corrected chi connectivity index (χ2v) is 4.39. The van der Waals surface area contributed by atoms with Crippen LogP contribution in [0.1, 0.15) is 30.8 Å². The molecule has 0 spiro atoms. The average molecular weight is 233 g/mol. The van der Waals surface area contributed by atoms with E-state index in [1.54, 1.807) is 0 Å². The van der Waals surface area contributed by atoms with Gasteiger partial charge < -0.3 is 15.9 Å². The van der Waals surface area contributed by atoms with Gasteiger partial charge in [0, 0.05) is 13.0 Å². The van der Waals surface area contributed by atoms with E-state index in [-0.39, 0.29) is 6.04 Å². The number of benzene rings is 1. The van der Waals surface area contributed by atoms with Crippen molar-refractivity contribution in [2.24, 2.45) is 17.4 Å². The molecule has 2 aromatic rings. The number of nitrogens with zero attached hydrogens (tertiary/aromatic N) is 1. The molecule has 2 atom stereocenters. The molecule has 0 fully saturated rings. The van der Waals surface area contributed by atoms with Gasteiger partial charge in [-0.1, -0.05) is 19.4 Å². The SMILES string of the molecule is CCC(CN)C(N)c1ccc2oc(C)nc2c1. The van der Waals surface area contributed by atoms with E-state index < -0.39 is 0 Å². The Bertz CT molecular complexity index is 502. The minimum absolute atomic E-state index is 0.0357. The standard InChI is InChI=1S/C13H19N3O/c1-3-9(7-14)13(15)10-4-5-12-11(6-10)16-8(2)17-12/h4-6,9,13H,3,7,14-15H2,1-2H3. The third kappa shape index (κ3) is 2.33. The predicted octanol–water partition coefficient (Wildman–Crippen LogP) is 2.12. The van der Waals surface area contributed by atoms with Gasteiger partial charge in [0.15, 0.2) is 11.5 Å². The minimum Gasteiger partial charge on any atom is -0.441 e. The molecule has 1 aromatic carbocycles. The van der Waals surface area contributed by atoms with Gasteiger partial charge >= 0.3 is 0 Å². The number of hydrogen-bond donors (Lipinski definition) is 2. The van der Waals surface area contributed by atoms with Crippen molar-refractivity contribution in [2.45, 2.75) is 26.3 Å². The lowest BCUT2D eigenvalue weighted by atomic mass is 9.91. The lowest BCUT2D eigenvalue weighted by molar-refractivity contribution is 0.428. The Morgan fingerprint density at radius 3 is 2.82 bits per heavy atom. The molecule has 0 bridgehead atoms. The van der Waals surface area contributed by atoms with E-state index in [1.165, 1.54) is 0 Å². The fraction of sp³-hybridized carbons (Fsp3) is 0.462. The summed E-state index contributed by atoms with van der Waals surface area (Å²) >= 11 is 0. The van der Waals surface area contributed by atoms with Crippen LogP contribution in [0.25, 0.3) is 11.1 Å². The largest absolute Gasteiger partial charge is 0.441 e. The lowest BCUT2D eigenvalue weighted by Gasteiger charge is -2.21. The molecule has 4 nitrogen and oxygen atoms in total. The summed E-state index contributed by atoms with van der Waals surface area (Å²) < 4.78 is 5.44. The molecule has 0 aliphatic rings. The highest BCUT2D eigenvalue weighted by Gasteiger charge is 2.17. The van der Waals surface area contributed by atoms with Crippen molar-refractivity contribution in [3.8, 4) is 0 Å². The maximum atomic E-state index is 6.22. The van der Waals surface area contributed by atoms with Crippen LogP contribution in [0.15, 0.2) is 22.6 Å². The topological polar surface area (TPSA) is 78.1 Å². The average Bonchev–Trinajstić information content (AvgIpc) is 2.69. The smallest absolute Gasteiger partial charge is 0.192 e. The molecule has 0 aliphatic heterocycles. The lowest BCUT2D eigenvalue weighted by Crippen LogP contribution is -2.27. The summed E-state index contributed by atoms with van der Waals surface area (Å²) in [7, 11) is 0. The van der Waals surface area contributed by atoms with Gasteiger partial charge in [0.1, 0.15) is 5.52 Å². The Labute approximate surface area is 101 Å². The first kappa shape index (κ1) is 12.1. The molecular formula is C13H19N3O. The summed E-state index contributed by atoms with van der Waals surface area (Å²) in [6.07, 6.45) is 0.980. The fourth-order valence-electron chi connectivity index (χ4n) is 2.11. The van der Waals surface area contributed by atoms with Gasteiger partial charge in [-0.05, 0) is 30.2 Å². The molecule has 0 saturated carbocycles. The van der Waals surface area contributed by atoms with Gasteiger partial charge in [-0.3, -0.25) is 0 Å². The summed E-state index contributed by atoms with van der Waals surface area (Å²) in [6, 6.07) is 5.88. The van der Waals surface area contributed by atoms with Gasteiger partial charge in [0.05, 0.1) is 0 Å². The quantitative estimate of drug-likeness (QED) is 0.847. The van der Waals surface area contributed by atoms with Crippen LogP contribution >= 0.6 is 0 Å². The normalized spacial score (nSPS) is 15.1. The molecular weight excluding hydrogens is 214 g/mol. The predicted molar refractivity (Wildman–Crippen MR) is 68.5 cm³/mol. The van der Waals surface area contributed by atoms with Crippen LogP contribution in [-0.4, -0.2) is 11.5 Å². The highest BCUT2D eigenvalue weighted by molar-refractivity contribution is 5.73. The second kappa shape index (κ2) is 4.85. The van der Waals surface area contributed by atoms with E-state index in [0.29, 0.717) is 18.4 Å². The Hall–Kier alpha value is -1.39. The summed E-state index contributed by atoms with van der Waals surface area (Å²) in [4.78, 5) is 4.31. The number of nitrogens with two attached hydrogens (primary N) is 2. The summed E-state index contributed by atoms with van der Waals surface area (Å²) in [5.41, 5.74) is 14.7. The Kier molecular flexibility index (Phi) is 3.45. The Balaban J connectivity index is 2.34. The van der Waals surface area contributed by atoms with E-state index in [2.05, 4.69) is 11.9 Å². The first-order valence-corrected chi connectivity index (χ1v) is 5.98.